The Hall–Kier alpha value is -3.31. The molecule has 3 aliphatic rings. The molecule has 2 aromatic rings. The average molecular weight is 664 g/mol. The first-order valence-corrected chi connectivity index (χ1v) is 17.6. The summed E-state index contributed by atoms with van der Waals surface area (Å²) in [4.78, 5) is 39.6. The number of carbonyl (C=O) groups excluding carboxylic acids is 2. The van der Waals surface area contributed by atoms with Crippen LogP contribution in [0.3, 0.4) is 0 Å². The van der Waals surface area contributed by atoms with Crippen molar-refractivity contribution < 1.29 is 34.1 Å². The number of carbonyl (C=O) groups is 3. The number of aliphatic hydroxyl groups is 1. The summed E-state index contributed by atoms with van der Waals surface area (Å²) in [6.07, 6.45) is 5.55. The molecule has 2 aliphatic heterocycles. The van der Waals surface area contributed by atoms with Crippen LogP contribution in [0.25, 0.3) is 0 Å². The average Bonchev–Trinajstić information content (AvgIpc) is 3.05. The minimum absolute atomic E-state index is 0.0416. The van der Waals surface area contributed by atoms with E-state index in [-0.39, 0.29) is 67.4 Å². The number of hydrogen-bond acceptors (Lipinski definition) is 7. The highest BCUT2D eigenvalue weighted by atomic mass is 16.7. The Morgan fingerprint density at radius 2 is 1.69 bits per heavy atom. The van der Waals surface area contributed by atoms with Gasteiger partial charge >= 0.3 is 5.97 Å². The molecule has 1 aliphatic carbocycles. The van der Waals surface area contributed by atoms with Crippen molar-refractivity contribution in [2.24, 2.45) is 11.8 Å². The van der Waals surface area contributed by atoms with Gasteiger partial charge in [-0.1, -0.05) is 56.2 Å². The minimum atomic E-state index is -0.926. The Kier molecular flexibility index (Phi) is 11.9. The lowest BCUT2D eigenvalue weighted by molar-refractivity contribution is -0.278. The molecule has 0 bridgehead atoms. The highest BCUT2D eigenvalue weighted by molar-refractivity contribution is 5.91. The van der Waals surface area contributed by atoms with Crippen LogP contribution in [0.5, 0.6) is 0 Å². The summed E-state index contributed by atoms with van der Waals surface area (Å²) in [6.45, 7) is 8.76. The molecule has 0 spiro atoms. The molecule has 5 rings (SSSR count). The first kappa shape index (κ1) is 36.0. The zero-order valence-corrected chi connectivity index (χ0v) is 28.8. The van der Waals surface area contributed by atoms with E-state index in [9.17, 15) is 19.5 Å². The summed E-state index contributed by atoms with van der Waals surface area (Å²) in [5.74, 6) is -0.579. The molecule has 2 amide bonds. The van der Waals surface area contributed by atoms with E-state index in [0.29, 0.717) is 24.2 Å². The van der Waals surface area contributed by atoms with E-state index < -0.39 is 12.3 Å². The molecule has 4 N–H and O–H groups in total. The SMILES string of the molecule is CC1C(CN2C(C(=O)NC(C)(C)C)CCC3CCCCC32)OC(c2cccc(NC(=O)CCCC(=O)O)c2)OC1c1ccc(CO)cc1. The number of anilines is 1. The van der Waals surface area contributed by atoms with Gasteiger partial charge in [-0.25, -0.2) is 0 Å². The van der Waals surface area contributed by atoms with E-state index >= 15 is 0 Å². The Bertz CT molecular complexity index is 1410. The molecule has 2 aromatic carbocycles. The van der Waals surface area contributed by atoms with Crippen molar-refractivity contribution in [3.8, 4) is 0 Å². The van der Waals surface area contributed by atoms with Crippen LogP contribution in [0.2, 0.25) is 0 Å². The first-order chi connectivity index (χ1) is 22.9. The number of benzene rings is 2. The molecule has 0 radical (unpaired) electrons. The smallest absolute Gasteiger partial charge is 0.303 e. The second-order valence-electron chi connectivity index (χ2n) is 14.9. The molecule has 7 atom stereocenters. The highest BCUT2D eigenvalue weighted by Gasteiger charge is 2.46. The molecular formula is C38H53N3O7. The summed E-state index contributed by atoms with van der Waals surface area (Å²) < 4.78 is 13.5. The van der Waals surface area contributed by atoms with E-state index in [0.717, 1.165) is 42.4 Å². The molecule has 3 fully saturated rings. The van der Waals surface area contributed by atoms with Crippen LogP contribution in [0.1, 0.15) is 115 Å². The van der Waals surface area contributed by atoms with Crippen molar-refractivity contribution in [1.29, 1.82) is 0 Å². The van der Waals surface area contributed by atoms with Crippen LogP contribution in [0.4, 0.5) is 5.69 Å². The number of likely N-dealkylation sites (tertiary alicyclic amines) is 1. The second kappa shape index (κ2) is 15.9. The zero-order chi connectivity index (χ0) is 34.4. The lowest BCUT2D eigenvalue weighted by Crippen LogP contribution is -2.61. The molecular weight excluding hydrogens is 610 g/mol. The van der Waals surface area contributed by atoms with Gasteiger partial charge in [-0.3, -0.25) is 19.3 Å². The Morgan fingerprint density at radius 1 is 0.938 bits per heavy atom. The van der Waals surface area contributed by atoms with Crippen molar-refractivity contribution >= 4 is 23.5 Å². The fraction of sp³-hybridized carbons (Fsp3) is 0.605. The maximum absolute atomic E-state index is 13.8. The Morgan fingerprint density at radius 3 is 2.40 bits per heavy atom. The second-order valence-corrected chi connectivity index (χ2v) is 14.9. The lowest BCUT2D eigenvalue weighted by Gasteiger charge is -2.51. The monoisotopic (exact) mass is 663 g/mol. The number of rotatable bonds is 11. The summed E-state index contributed by atoms with van der Waals surface area (Å²) >= 11 is 0. The number of amides is 2. The number of aliphatic carboxylic acids is 1. The van der Waals surface area contributed by atoms with Gasteiger partial charge in [0.2, 0.25) is 11.8 Å². The molecule has 1 saturated carbocycles. The maximum atomic E-state index is 13.8. The predicted octanol–water partition coefficient (Wildman–Crippen LogP) is 6.10. The predicted molar refractivity (Wildman–Crippen MR) is 183 cm³/mol. The van der Waals surface area contributed by atoms with E-state index in [1.54, 1.807) is 6.07 Å². The lowest BCUT2D eigenvalue weighted by atomic mass is 9.75. The van der Waals surface area contributed by atoms with Crippen LogP contribution in [-0.4, -0.2) is 63.2 Å². The highest BCUT2D eigenvalue weighted by Crippen LogP contribution is 2.44. The normalized spacial score (nSPS) is 27.9. The summed E-state index contributed by atoms with van der Waals surface area (Å²) in [5.41, 5.74) is 2.81. The van der Waals surface area contributed by atoms with Crippen LogP contribution in [0.15, 0.2) is 48.5 Å². The Labute approximate surface area is 284 Å². The number of nitrogens with zero attached hydrogens (tertiary/aromatic N) is 1. The molecule has 10 heteroatoms. The van der Waals surface area contributed by atoms with Crippen LogP contribution >= 0.6 is 0 Å². The number of fused-ring (bicyclic) bond motifs is 1. The molecule has 0 aromatic heterocycles. The standard InChI is InChI=1S/C38H53N3O7/c1-24-32(22-41-30-12-6-5-9-26(30)19-20-31(41)36(46)40-38(2,3)4)47-37(48-35(24)27-17-15-25(23-42)16-18-27)28-10-7-11-29(21-28)39-33(43)13-8-14-34(44)45/h7,10-11,15-18,21,24,26,30-32,35,37,42H,5-6,8-9,12-14,19-20,22-23H2,1-4H3,(H,39,43)(H,40,46)(H,44,45). The van der Waals surface area contributed by atoms with E-state index in [4.69, 9.17) is 14.6 Å². The van der Waals surface area contributed by atoms with Gasteiger partial charge in [0, 0.05) is 48.1 Å². The van der Waals surface area contributed by atoms with E-state index in [2.05, 4.69) is 22.5 Å². The van der Waals surface area contributed by atoms with Gasteiger partial charge in [-0.2, -0.15) is 0 Å². The van der Waals surface area contributed by atoms with Crippen LogP contribution in [0, 0.1) is 11.8 Å². The number of piperidine rings is 1. The number of hydrogen-bond donors (Lipinski definition) is 4. The van der Waals surface area contributed by atoms with Crippen molar-refractivity contribution in [2.75, 3.05) is 11.9 Å². The molecule has 7 unspecified atom stereocenters. The number of ether oxygens (including phenoxy) is 2. The van der Waals surface area contributed by atoms with Crippen molar-refractivity contribution in [3.05, 3.63) is 65.2 Å². The van der Waals surface area contributed by atoms with Gasteiger partial charge in [0.1, 0.15) is 0 Å². The summed E-state index contributed by atoms with van der Waals surface area (Å²) in [5, 5.41) is 24.7. The molecule has 48 heavy (non-hydrogen) atoms. The summed E-state index contributed by atoms with van der Waals surface area (Å²) in [6, 6.07) is 15.3. The largest absolute Gasteiger partial charge is 0.481 e. The fourth-order valence-electron chi connectivity index (χ4n) is 7.65. The van der Waals surface area contributed by atoms with Crippen LogP contribution < -0.4 is 10.6 Å². The molecule has 2 heterocycles. The number of carboxylic acids is 1. The third-order valence-electron chi connectivity index (χ3n) is 10.1. The quantitative estimate of drug-likeness (QED) is 0.226. The number of carboxylic acid groups (broad SMARTS) is 1. The number of nitrogens with one attached hydrogen (secondary N) is 2. The zero-order valence-electron chi connectivity index (χ0n) is 28.8. The van der Waals surface area contributed by atoms with Gasteiger partial charge in [-0.05, 0) is 82.1 Å². The summed E-state index contributed by atoms with van der Waals surface area (Å²) in [7, 11) is 0. The number of aliphatic hydroxyl groups excluding tert-OH is 1. The van der Waals surface area contributed by atoms with Gasteiger partial charge in [-0.15, -0.1) is 0 Å². The topological polar surface area (TPSA) is 137 Å². The third kappa shape index (κ3) is 9.22. The molecule has 262 valence electrons. The molecule has 2 saturated heterocycles. The minimum Gasteiger partial charge on any atom is -0.481 e. The van der Waals surface area contributed by atoms with E-state index in [1.807, 2.05) is 63.2 Å². The van der Waals surface area contributed by atoms with Crippen molar-refractivity contribution in [3.63, 3.8) is 0 Å². The van der Waals surface area contributed by atoms with Gasteiger partial charge in [0.15, 0.2) is 6.29 Å². The van der Waals surface area contributed by atoms with Crippen molar-refractivity contribution in [2.45, 2.75) is 128 Å². The maximum Gasteiger partial charge on any atom is 0.303 e. The van der Waals surface area contributed by atoms with Gasteiger partial charge < -0.3 is 30.3 Å². The fourth-order valence-corrected chi connectivity index (χ4v) is 7.65. The van der Waals surface area contributed by atoms with Gasteiger partial charge in [0.25, 0.3) is 0 Å². The Balaban J connectivity index is 1.42. The third-order valence-corrected chi connectivity index (χ3v) is 10.1. The van der Waals surface area contributed by atoms with Crippen LogP contribution in [-0.2, 0) is 30.5 Å². The van der Waals surface area contributed by atoms with E-state index in [1.165, 1.54) is 12.8 Å². The van der Waals surface area contributed by atoms with Crippen molar-refractivity contribution in [1.82, 2.24) is 10.2 Å². The van der Waals surface area contributed by atoms with Gasteiger partial charge in [0.05, 0.1) is 24.9 Å². The first-order valence-electron chi connectivity index (χ1n) is 17.6. The molecule has 10 nitrogen and oxygen atoms in total.